The van der Waals surface area contributed by atoms with Gasteiger partial charge in [-0.2, -0.15) is 0 Å². The number of hydrogen-bond acceptors (Lipinski definition) is 8. The Kier molecular flexibility index (Phi) is 5.12. The molecule has 0 spiro atoms. The van der Waals surface area contributed by atoms with Crippen LogP contribution in [0.5, 0.6) is 11.8 Å². The molecule has 0 saturated heterocycles. The number of carboxylic acids is 2. The average Bonchev–Trinajstić information content (AvgIpc) is 3.41. The van der Waals surface area contributed by atoms with Crippen LogP contribution in [0.1, 0.15) is 20.8 Å². The van der Waals surface area contributed by atoms with Crippen molar-refractivity contribution in [3.8, 4) is 17.4 Å². The van der Waals surface area contributed by atoms with E-state index < -0.39 is 23.9 Å². The molecule has 0 saturated carbocycles. The maximum Gasteiger partial charge on any atom is 0.394 e. The van der Waals surface area contributed by atoms with Crippen LogP contribution in [0.4, 0.5) is 5.00 Å². The van der Waals surface area contributed by atoms with Crippen molar-refractivity contribution in [2.45, 2.75) is 25.7 Å². The average molecular weight is 448 g/mol. The number of aromatic carboxylic acids is 1. The lowest BCUT2D eigenvalue weighted by Gasteiger charge is -2.24. The molecule has 0 radical (unpaired) electrons. The van der Waals surface area contributed by atoms with Crippen LogP contribution in [0.25, 0.3) is 5.69 Å². The first-order valence-corrected chi connectivity index (χ1v) is 9.71. The molecule has 1 amide bonds. The van der Waals surface area contributed by atoms with Gasteiger partial charge in [0.15, 0.2) is 5.88 Å². The quantitative estimate of drug-likeness (QED) is 0.357. The molecular weight excluding hydrogens is 432 g/mol. The molecule has 0 aromatic carbocycles. The van der Waals surface area contributed by atoms with Crippen LogP contribution in [0.15, 0.2) is 24.8 Å². The Hall–Kier alpha value is -3.84. The number of anilines is 1. The predicted octanol–water partition coefficient (Wildman–Crippen LogP) is 1.01. The molecule has 1 unspecified atom stereocenters. The Labute approximate surface area is 177 Å². The van der Waals surface area contributed by atoms with Crippen LogP contribution in [0.3, 0.4) is 0 Å². The van der Waals surface area contributed by atoms with Gasteiger partial charge in [-0.3, -0.25) is 9.36 Å². The summed E-state index contributed by atoms with van der Waals surface area (Å²) in [7, 11) is 0. The van der Waals surface area contributed by atoms with Gasteiger partial charge in [-0.1, -0.05) is 0 Å². The van der Waals surface area contributed by atoms with Crippen molar-refractivity contribution in [2.75, 3.05) is 5.32 Å². The third-order valence-corrected chi connectivity index (χ3v) is 5.92. The van der Waals surface area contributed by atoms with E-state index in [1.54, 1.807) is 6.20 Å². The van der Waals surface area contributed by atoms with Gasteiger partial charge in [0.2, 0.25) is 5.88 Å². The van der Waals surface area contributed by atoms with Gasteiger partial charge < -0.3 is 35.0 Å². The monoisotopic (exact) mass is 448 g/mol. The third-order valence-electron chi connectivity index (χ3n) is 4.80. The van der Waals surface area contributed by atoms with Crippen molar-refractivity contribution >= 4 is 34.2 Å². The van der Waals surface area contributed by atoms with Gasteiger partial charge in [0.25, 0.3) is 0 Å². The highest BCUT2D eigenvalue weighted by atomic mass is 32.1. The number of carbonyl (C=O) groups excluding carboxylic acids is 1. The second-order valence-corrected chi connectivity index (χ2v) is 7.81. The summed E-state index contributed by atoms with van der Waals surface area (Å²) in [6, 6.07) is 1.36. The summed E-state index contributed by atoms with van der Waals surface area (Å²) in [5.41, 5.74) is 0.533. The second kappa shape index (κ2) is 7.77. The number of rotatable bonds is 5. The van der Waals surface area contributed by atoms with Gasteiger partial charge in [0.05, 0.1) is 31.1 Å². The molecule has 162 valence electrons. The first-order chi connectivity index (χ1) is 14.8. The van der Waals surface area contributed by atoms with Crippen molar-refractivity contribution in [2.24, 2.45) is 0 Å². The Balaban J connectivity index is 1.60. The summed E-state index contributed by atoms with van der Waals surface area (Å²) in [5.74, 6) is -4.82. The molecule has 0 bridgehead atoms. The number of carboxylic acid groups (broad SMARTS) is 2. The van der Waals surface area contributed by atoms with Crippen LogP contribution >= 0.6 is 11.3 Å². The number of aromatic hydroxyl groups is 2. The van der Waals surface area contributed by atoms with Gasteiger partial charge in [-0.15, -0.1) is 11.3 Å². The van der Waals surface area contributed by atoms with Gasteiger partial charge >= 0.3 is 17.8 Å². The second-order valence-electron chi connectivity index (χ2n) is 6.70. The van der Waals surface area contributed by atoms with E-state index in [0.29, 0.717) is 16.1 Å². The largest absolute Gasteiger partial charge is 0.494 e. The first-order valence-electron chi connectivity index (χ1n) is 8.89. The molecule has 3 aromatic rings. The zero-order valence-corrected chi connectivity index (χ0v) is 16.5. The number of amides is 1. The Morgan fingerprint density at radius 1 is 1.29 bits per heavy atom. The summed E-state index contributed by atoms with van der Waals surface area (Å²) in [6.45, 7) is 0.0581. The van der Waals surface area contributed by atoms with E-state index in [1.165, 1.54) is 27.7 Å². The van der Waals surface area contributed by atoms with E-state index in [4.69, 9.17) is 9.84 Å². The summed E-state index contributed by atoms with van der Waals surface area (Å²) < 4.78 is 8.49. The standard InChI is InChI=1S/C18H16N4O8S/c23-12-4-10(21-2-1-19-7-21)16(25)22(12)5-8-3-9-11(6-30-8)31-15(13(9)17(26)27)20-14(24)18(28)29/h1-2,4,7-8,23,25H,3,5-6H2,(H,20,24)(H,26,27)(H,28,29). The number of nitrogens with zero attached hydrogens (tertiary/aromatic N) is 3. The smallest absolute Gasteiger partial charge is 0.394 e. The number of fused-ring (bicyclic) bond motifs is 1. The Morgan fingerprint density at radius 3 is 2.71 bits per heavy atom. The Morgan fingerprint density at radius 2 is 2.06 bits per heavy atom. The van der Waals surface area contributed by atoms with Gasteiger partial charge in [0, 0.05) is 29.8 Å². The number of nitrogens with one attached hydrogen (secondary N) is 1. The molecule has 12 nitrogen and oxygen atoms in total. The van der Waals surface area contributed by atoms with Crippen LogP contribution in [0, 0.1) is 0 Å². The maximum absolute atomic E-state index is 11.8. The molecule has 1 aliphatic heterocycles. The third kappa shape index (κ3) is 3.71. The molecular formula is C18H16N4O8S. The number of aromatic nitrogens is 3. The molecule has 4 rings (SSSR count). The SMILES string of the molecule is O=C(O)C(=O)Nc1sc2c(c1C(=O)O)CC(Cn1c(O)cc(-n3ccnc3)c1O)OC2. The minimum atomic E-state index is -1.73. The fourth-order valence-corrected chi connectivity index (χ4v) is 4.54. The minimum Gasteiger partial charge on any atom is -0.494 e. The van der Waals surface area contributed by atoms with Gasteiger partial charge in [0.1, 0.15) is 10.7 Å². The fourth-order valence-electron chi connectivity index (χ4n) is 3.40. The summed E-state index contributed by atoms with van der Waals surface area (Å²) in [6.07, 6.45) is 4.10. The normalized spacial score (nSPS) is 15.4. The van der Waals surface area contributed by atoms with Crippen molar-refractivity contribution < 1.29 is 39.5 Å². The summed E-state index contributed by atoms with van der Waals surface area (Å²) in [4.78, 5) is 38.5. The van der Waals surface area contributed by atoms with Crippen LogP contribution < -0.4 is 5.32 Å². The lowest BCUT2D eigenvalue weighted by Crippen LogP contribution is -2.27. The topological polar surface area (TPSA) is 176 Å². The summed E-state index contributed by atoms with van der Waals surface area (Å²) >= 11 is 0.936. The number of ether oxygens (including phenoxy) is 1. The van der Waals surface area contributed by atoms with Crippen molar-refractivity contribution in [3.05, 3.63) is 40.8 Å². The molecule has 3 aromatic heterocycles. The van der Waals surface area contributed by atoms with E-state index in [-0.39, 0.29) is 41.9 Å². The van der Waals surface area contributed by atoms with Crippen molar-refractivity contribution in [3.63, 3.8) is 0 Å². The molecule has 31 heavy (non-hydrogen) atoms. The van der Waals surface area contributed by atoms with Crippen LogP contribution in [-0.4, -0.2) is 58.5 Å². The van der Waals surface area contributed by atoms with Gasteiger partial charge in [-0.05, 0) is 5.56 Å². The molecule has 0 aliphatic carbocycles. The van der Waals surface area contributed by atoms with Crippen molar-refractivity contribution in [1.29, 1.82) is 0 Å². The number of thiophene rings is 1. The molecule has 1 atom stereocenters. The highest BCUT2D eigenvalue weighted by Crippen LogP contribution is 2.39. The first kappa shape index (κ1) is 20.4. The number of hydrogen-bond donors (Lipinski definition) is 5. The highest BCUT2D eigenvalue weighted by Gasteiger charge is 2.32. The zero-order valence-electron chi connectivity index (χ0n) is 15.7. The molecule has 5 N–H and O–H groups in total. The number of carbonyl (C=O) groups is 3. The van der Waals surface area contributed by atoms with Crippen molar-refractivity contribution in [1.82, 2.24) is 14.1 Å². The maximum atomic E-state index is 11.8. The highest BCUT2D eigenvalue weighted by molar-refractivity contribution is 7.17. The Bertz CT molecular complexity index is 1180. The van der Waals surface area contributed by atoms with Crippen LogP contribution in [-0.2, 0) is 33.9 Å². The predicted molar refractivity (Wildman–Crippen MR) is 105 cm³/mol. The molecule has 4 heterocycles. The number of imidazole rings is 1. The molecule has 1 aliphatic rings. The number of aliphatic carboxylic acids is 1. The van der Waals surface area contributed by atoms with E-state index in [9.17, 15) is 29.7 Å². The lowest BCUT2D eigenvalue weighted by molar-refractivity contribution is -0.147. The summed E-state index contributed by atoms with van der Waals surface area (Å²) in [5, 5.41) is 41.2. The van der Waals surface area contributed by atoms with E-state index in [1.807, 2.05) is 0 Å². The fraction of sp³-hybridized carbons (Fsp3) is 0.222. The minimum absolute atomic E-state index is 0.0253. The lowest BCUT2D eigenvalue weighted by atomic mass is 10.0. The van der Waals surface area contributed by atoms with E-state index >= 15 is 0 Å². The molecule has 0 fully saturated rings. The van der Waals surface area contributed by atoms with Crippen LogP contribution in [0.2, 0.25) is 0 Å². The van der Waals surface area contributed by atoms with E-state index in [2.05, 4.69) is 10.3 Å². The zero-order chi connectivity index (χ0) is 22.3. The van der Waals surface area contributed by atoms with E-state index in [0.717, 1.165) is 11.3 Å². The molecule has 13 heteroatoms. The van der Waals surface area contributed by atoms with Gasteiger partial charge in [-0.25, -0.2) is 14.6 Å².